The predicted molar refractivity (Wildman–Crippen MR) is 100 cm³/mol. The number of aliphatic hydroxyl groups is 1. The Kier molecular flexibility index (Phi) is 5.27. The minimum atomic E-state index is -1.28. The van der Waals surface area contributed by atoms with Gasteiger partial charge in [0.25, 0.3) is 5.91 Å². The maximum Gasteiger partial charge on any atom is 0.252 e. The van der Waals surface area contributed by atoms with Crippen molar-refractivity contribution in [3.63, 3.8) is 0 Å². The standard InChI is InChI=1S/C17H13Cl2NO2S2/c18-12-3-4-14(19)13(8-12)16(21)20-10-17(22,11-5-7-23-9-11)15-2-1-6-24-15/h1-9,22H,10H2,(H,20,21). The van der Waals surface area contributed by atoms with Gasteiger partial charge in [-0.15, -0.1) is 11.3 Å². The van der Waals surface area contributed by atoms with E-state index < -0.39 is 5.60 Å². The molecule has 0 saturated carbocycles. The molecule has 2 aromatic heterocycles. The lowest BCUT2D eigenvalue weighted by atomic mass is 9.94. The summed E-state index contributed by atoms with van der Waals surface area (Å²) in [4.78, 5) is 13.2. The molecule has 0 aliphatic rings. The first-order valence-electron chi connectivity index (χ1n) is 7.03. The van der Waals surface area contributed by atoms with Gasteiger partial charge in [-0.2, -0.15) is 11.3 Å². The van der Waals surface area contributed by atoms with Crippen LogP contribution in [0.5, 0.6) is 0 Å². The van der Waals surface area contributed by atoms with E-state index in [9.17, 15) is 9.90 Å². The number of carbonyl (C=O) groups is 1. The fourth-order valence-electron chi connectivity index (χ4n) is 2.32. The van der Waals surface area contributed by atoms with E-state index >= 15 is 0 Å². The molecule has 1 atom stereocenters. The Morgan fingerprint density at radius 1 is 1.21 bits per heavy atom. The van der Waals surface area contributed by atoms with E-state index in [-0.39, 0.29) is 18.0 Å². The predicted octanol–water partition coefficient (Wildman–Crippen LogP) is 4.78. The Balaban J connectivity index is 1.85. The first-order chi connectivity index (χ1) is 11.5. The number of nitrogens with one attached hydrogen (secondary N) is 1. The zero-order valence-corrected chi connectivity index (χ0v) is 15.5. The van der Waals surface area contributed by atoms with E-state index in [1.807, 2.05) is 34.3 Å². The quantitative estimate of drug-likeness (QED) is 0.650. The summed E-state index contributed by atoms with van der Waals surface area (Å²) in [5.41, 5.74) is -0.259. The zero-order valence-electron chi connectivity index (χ0n) is 12.3. The molecule has 0 saturated heterocycles. The number of halogens is 2. The Hall–Kier alpha value is -1.37. The van der Waals surface area contributed by atoms with Gasteiger partial charge < -0.3 is 10.4 Å². The monoisotopic (exact) mass is 397 g/mol. The van der Waals surface area contributed by atoms with Crippen molar-refractivity contribution < 1.29 is 9.90 Å². The van der Waals surface area contributed by atoms with Gasteiger partial charge in [0.15, 0.2) is 0 Å². The lowest BCUT2D eigenvalue weighted by Gasteiger charge is -2.27. The van der Waals surface area contributed by atoms with Crippen LogP contribution in [0.2, 0.25) is 10.0 Å². The minimum Gasteiger partial charge on any atom is -0.378 e. The molecule has 0 spiro atoms. The van der Waals surface area contributed by atoms with Crippen molar-refractivity contribution in [2.45, 2.75) is 5.60 Å². The van der Waals surface area contributed by atoms with Gasteiger partial charge >= 0.3 is 0 Å². The normalized spacial score (nSPS) is 13.5. The van der Waals surface area contributed by atoms with Crippen molar-refractivity contribution in [1.29, 1.82) is 0 Å². The Morgan fingerprint density at radius 2 is 2.04 bits per heavy atom. The number of hydrogen-bond donors (Lipinski definition) is 2. The van der Waals surface area contributed by atoms with Gasteiger partial charge in [0.1, 0.15) is 5.60 Å². The maximum atomic E-state index is 12.4. The van der Waals surface area contributed by atoms with Crippen LogP contribution in [0.3, 0.4) is 0 Å². The highest BCUT2D eigenvalue weighted by atomic mass is 35.5. The minimum absolute atomic E-state index is 0.0337. The van der Waals surface area contributed by atoms with Crippen LogP contribution in [0, 0.1) is 0 Å². The topological polar surface area (TPSA) is 49.3 Å². The van der Waals surface area contributed by atoms with Gasteiger partial charge in [-0.3, -0.25) is 4.79 Å². The third-order valence-electron chi connectivity index (χ3n) is 3.61. The van der Waals surface area contributed by atoms with E-state index in [1.54, 1.807) is 12.1 Å². The van der Waals surface area contributed by atoms with Crippen molar-refractivity contribution in [2.24, 2.45) is 0 Å². The van der Waals surface area contributed by atoms with Crippen molar-refractivity contribution in [2.75, 3.05) is 6.54 Å². The number of benzene rings is 1. The lowest BCUT2D eigenvalue weighted by Crippen LogP contribution is -2.41. The van der Waals surface area contributed by atoms with Gasteiger partial charge in [-0.25, -0.2) is 0 Å². The first kappa shape index (κ1) is 17.5. The average molecular weight is 398 g/mol. The Bertz CT molecular complexity index is 798. The van der Waals surface area contributed by atoms with E-state index in [1.165, 1.54) is 28.7 Å². The van der Waals surface area contributed by atoms with Crippen LogP contribution in [0.15, 0.2) is 52.5 Å². The molecule has 0 radical (unpaired) electrons. The molecule has 2 heterocycles. The molecule has 3 nitrogen and oxygen atoms in total. The van der Waals surface area contributed by atoms with Crippen LogP contribution in [0.4, 0.5) is 0 Å². The third kappa shape index (κ3) is 3.50. The smallest absolute Gasteiger partial charge is 0.252 e. The van der Waals surface area contributed by atoms with Gasteiger partial charge in [-0.1, -0.05) is 29.3 Å². The molecule has 0 bridgehead atoms. The first-order valence-corrected chi connectivity index (χ1v) is 9.61. The summed E-state index contributed by atoms with van der Waals surface area (Å²) in [7, 11) is 0. The van der Waals surface area contributed by atoms with Gasteiger partial charge in [0, 0.05) is 15.5 Å². The van der Waals surface area contributed by atoms with Gasteiger partial charge in [0.05, 0.1) is 17.1 Å². The molecule has 124 valence electrons. The summed E-state index contributed by atoms with van der Waals surface area (Å²) < 4.78 is 0. The van der Waals surface area contributed by atoms with Crippen molar-refractivity contribution in [1.82, 2.24) is 5.32 Å². The maximum absolute atomic E-state index is 12.4. The molecule has 3 rings (SSSR count). The molecular weight excluding hydrogens is 385 g/mol. The third-order valence-corrected chi connectivity index (χ3v) is 5.87. The second-order valence-electron chi connectivity index (χ2n) is 5.16. The molecule has 1 aromatic carbocycles. The van der Waals surface area contributed by atoms with Crippen molar-refractivity contribution >= 4 is 51.8 Å². The molecule has 24 heavy (non-hydrogen) atoms. The fraction of sp³-hybridized carbons (Fsp3) is 0.118. The second-order valence-corrected chi connectivity index (χ2v) is 7.73. The van der Waals surface area contributed by atoms with E-state index in [2.05, 4.69) is 5.32 Å². The van der Waals surface area contributed by atoms with Crippen LogP contribution in [-0.2, 0) is 5.60 Å². The highest BCUT2D eigenvalue weighted by Gasteiger charge is 2.33. The molecule has 1 unspecified atom stereocenters. The molecule has 7 heteroatoms. The zero-order chi connectivity index (χ0) is 17.2. The number of carbonyl (C=O) groups excluding carboxylic acids is 1. The largest absolute Gasteiger partial charge is 0.378 e. The van der Waals surface area contributed by atoms with E-state index in [4.69, 9.17) is 23.2 Å². The second kappa shape index (κ2) is 7.25. The molecule has 1 amide bonds. The number of thiophene rings is 2. The van der Waals surface area contributed by atoms with E-state index in [0.717, 1.165) is 10.4 Å². The average Bonchev–Trinajstić information content (AvgIpc) is 3.28. The fourth-order valence-corrected chi connectivity index (χ4v) is 4.27. The molecule has 3 aromatic rings. The lowest BCUT2D eigenvalue weighted by molar-refractivity contribution is 0.0721. The summed E-state index contributed by atoms with van der Waals surface area (Å²) in [6, 6.07) is 10.3. The van der Waals surface area contributed by atoms with Gasteiger partial charge in [-0.05, 0) is 46.5 Å². The Morgan fingerprint density at radius 3 is 2.71 bits per heavy atom. The Labute approximate surface area is 157 Å². The molecular formula is C17H13Cl2NO2S2. The molecule has 0 aliphatic heterocycles. The summed E-state index contributed by atoms with van der Waals surface area (Å²) in [6.07, 6.45) is 0. The van der Waals surface area contributed by atoms with Crippen molar-refractivity contribution in [3.05, 3.63) is 78.6 Å². The molecule has 2 N–H and O–H groups in total. The highest BCUT2D eigenvalue weighted by molar-refractivity contribution is 7.10. The highest BCUT2D eigenvalue weighted by Crippen LogP contribution is 2.33. The van der Waals surface area contributed by atoms with Crippen LogP contribution < -0.4 is 5.32 Å². The van der Waals surface area contributed by atoms with Crippen LogP contribution in [0.25, 0.3) is 0 Å². The van der Waals surface area contributed by atoms with Crippen molar-refractivity contribution in [3.8, 4) is 0 Å². The van der Waals surface area contributed by atoms with Crippen LogP contribution in [0.1, 0.15) is 20.8 Å². The van der Waals surface area contributed by atoms with Gasteiger partial charge in [0.2, 0.25) is 0 Å². The number of amides is 1. The summed E-state index contributed by atoms with van der Waals surface area (Å²) in [5, 5.41) is 20.4. The summed E-state index contributed by atoms with van der Waals surface area (Å²) in [6.45, 7) is 0.0337. The summed E-state index contributed by atoms with van der Waals surface area (Å²) in [5.74, 6) is -0.382. The molecule has 0 fully saturated rings. The summed E-state index contributed by atoms with van der Waals surface area (Å²) >= 11 is 14.9. The number of hydrogen-bond acceptors (Lipinski definition) is 4. The SMILES string of the molecule is O=C(NCC(O)(c1ccsc1)c1cccs1)c1cc(Cl)ccc1Cl. The molecule has 0 aliphatic carbocycles. The van der Waals surface area contributed by atoms with E-state index in [0.29, 0.717) is 10.0 Å². The number of rotatable bonds is 5. The van der Waals surface area contributed by atoms with Crippen LogP contribution >= 0.6 is 45.9 Å². The van der Waals surface area contributed by atoms with Crippen LogP contribution in [-0.4, -0.2) is 17.6 Å².